The zero-order valence-electron chi connectivity index (χ0n) is 35.5. The van der Waals surface area contributed by atoms with Crippen molar-refractivity contribution in [3.05, 3.63) is 23.3 Å². The molecule has 8 N–H and O–H groups in total. The molecule has 61 heavy (non-hydrogen) atoms. The Balaban J connectivity index is 0.000000194. The van der Waals surface area contributed by atoms with Crippen molar-refractivity contribution in [1.29, 1.82) is 0 Å². The van der Waals surface area contributed by atoms with Crippen molar-refractivity contribution in [3.63, 3.8) is 0 Å². The van der Waals surface area contributed by atoms with Crippen molar-refractivity contribution >= 4 is 64.6 Å². The number of ketones is 4. The van der Waals surface area contributed by atoms with Crippen molar-refractivity contribution in [2.45, 2.75) is 154 Å². The molecule has 14 atom stereocenters. The Hall–Kier alpha value is -2.14. The van der Waals surface area contributed by atoms with Crippen LogP contribution >= 0.6 is 0 Å². The Morgan fingerprint density at radius 1 is 0.590 bits per heavy atom. The maximum atomic E-state index is 12.4. The first-order chi connectivity index (χ1) is 28.0. The molecule has 6 saturated carbocycles. The normalized spacial score (nSPS) is 44.2. The number of carboxylic acids is 2. The second-order valence-electron chi connectivity index (χ2n) is 20.4. The number of carbonyl (C=O) groups excluding carboxylic acids is 4. The van der Waals surface area contributed by atoms with Crippen LogP contribution in [0.3, 0.4) is 0 Å². The monoisotopic (exact) mass is 866 g/mol. The van der Waals surface area contributed by atoms with Gasteiger partial charge in [-0.25, -0.2) is 0 Å². The fraction of sp³-hybridized carbons (Fsp3) is 0.783. The molecule has 14 nitrogen and oxygen atoms in total. The molecule has 0 radical (unpaired) electrons. The first kappa shape index (κ1) is 49.9. The van der Waals surface area contributed by atoms with E-state index in [1.807, 2.05) is 13.8 Å². The number of Topliss-reactive ketones (excluding diaryl/α,β-unsaturated/α-hetero) is 2. The Morgan fingerprint density at radius 2 is 0.934 bits per heavy atom. The molecule has 0 heterocycles. The Labute approximate surface area is 379 Å². The number of hydrogen-bond donors (Lipinski definition) is 8. The third-order valence-corrected chi connectivity index (χ3v) is 17.9. The van der Waals surface area contributed by atoms with Crippen LogP contribution in [0.1, 0.15) is 130 Å². The SMILES string of the molecule is C[C@]12CCC(=O)C=C1CC[C@@H]1[C@@H]2[C@@H](O)C[C@@]2(C)[C@H]1CC[C@]2(O)C(=O)CO.C[C@]12CCC(=O)C=C1CC[C@@H]1[C@@H]2[C@@H](O)C[C@@]2(C)[C@H]1CC[C@]2(O)C(=O)CO.O=C(O)CCC(=O)O.[NaH]. The second-order valence-corrected chi connectivity index (χ2v) is 20.4. The van der Waals surface area contributed by atoms with E-state index in [1.165, 1.54) is 11.1 Å². The summed E-state index contributed by atoms with van der Waals surface area (Å²) in [5.74, 6) is -1.87. The Kier molecular flexibility index (Phi) is 14.7. The summed E-state index contributed by atoms with van der Waals surface area (Å²) in [6.45, 7) is 6.92. The van der Waals surface area contributed by atoms with E-state index in [2.05, 4.69) is 13.8 Å². The van der Waals surface area contributed by atoms with E-state index in [0.29, 0.717) is 38.5 Å². The first-order valence-electron chi connectivity index (χ1n) is 22.0. The van der Waals surface area contributed by atoms with E-state index < -0.39 is 71.0 Å². The Morgan fingerprint density at radius 3 is 1.25 bits per heavy atom. The summed E-state index contributed by atoms with van der Waals surface area (Å²) < 4.78 is 0. The third kappa shape index (κ3) is 8.15. The van der Waals surface area contributed by atoms with Gasteiger partial charge in [-0.15, -0.1) is 0 Å². The molecule has 336 valence electrons. The average molecular weight is 867 g/mol. The average Bonchev–Trinajstić information content (AvgIpc) is 3.62. The van der Waals surface area contributed by atoms with Gasteiger partial charge in [-0.2, -0.15) is 0 Å². The number of aliphatic hydroxyl groups is 6. The minimum absolute atomic E-state index is 0. The molecule has 8 aliphatic carbocycles. The molecular formula is C46H67NaO14. The van der Waals surface area contributed by atoms with Crippen molar-refractivity contribution in [3.8, 4) is 0 Å². The van der Waals surface area contributed by atoms with Gasteiger partial charge in [0.25, 0.3) is 0 Å². The standard InChI is InChI=1S/2C21H30O5.C4H6O4.Na.H/c2*1-19-7-5-13(23)9-12(19)3-4-14-15-6-8-21(26,17(25)11-22)20(15,2)10-16(24)18(14)19;5-3(6)1-2-4(7)8;;/h2*9,14-16,18,22,24,26H,3-8,10-11H2,1-2H3;1-2H2,(H,5,6)(H,7,8);;/t2*14-,15-,16-,18+,19-,20-,21-;;;/m00.../s1. The quantitative estimate of drug-likeness (QED) is 0.171. The van der Waals surface area contributed by atoms with Crippen LogP contribution in [0.25, 0.3) is 0 Å². The molecular weight excluding hydrogens is 799 g/mol. The topological polar surface area (TPSA) is 264 Å². The zero-order chi connectivity index (χ0) is 44.4. The molecule has 0 amide bonds. The molecule has 6 fully saturated rings. The van der Waals surface area contributed by atoms with Crippen LogP contribution in [-0.4, -0.2) is 142 Å². The number of carboxylic acid groups (broad SMARTS) is 2. The van der Waals surface area contributed by atoms with Crippen LogP contribution in [0.15, 0.2) is 23.3 Å². The van der Waals surface area contributed by atoms with Crippen molar-refractivity contribution < 1.29 is 69.6 Å². The maximum absolute atomic E-state index is 12.4. The van der Waals surface area contributed by atoms with Crippen molar-refractivity contribution in [1.82, 2.24) is 0 Å². The number of rotatable bonds is 7. The van der Waals surface area contributed by atoms with E-state index in [-0.39, 0.29) is 100 Å². The number of aliphatic hydroxyl groups excluding tert-OH is 4. The van der Waals surface area contributed by atoms with Crippen LogP contribution in [0.5, 0.6) is 0 Å². The molecule has 8 aliphatic rings. The molecule has 0 bridgehead atoms. The van der Waals surface area contributed by atoms with Gasteiger partial charge in [0.05, 0.1) is 25.0 Å². The van der Waals surface area contributed by atoms with Gasteiger partial charge in [0.2, 0.25) is 0 Å². The van der Waals surface area contributed by atoms with E-state index in [9.17, 15) is 59.4 Å². The van der Waals surface area contributed by atoms with Gasteiger partial charge in [-0.3, -0.25) is 28.8 Å². The van der Waals surface area contributed by atoms with Gasteiger partial charge >= 0.3 is 41.5 Å². The molecule has 15 heteroatoms. The molecule has 0 aromatic heterocycles. The predicted molar refractivity (Wildman–Crippen MR) is 222 cm³/mol. The summed E-state index contributed by atoms with van der Waals surface area (Å²) in [6.07, 6.45) is 10.9. The molecule has 0 aliphatic heterocycles. The molecule has 0 spiro atoms. The summed E-state index contributed by atoms with van der Waals surface area (Å²) in [4.78, 5) is 67.8. The summed E-state index contributed by atoms with van der Waals surface area (Å²) in [5.41, 5.74) is -2.46. The molecule has 0 saturated heterocycles. The van der Waals surface area contributed by atoms with E-state index in [4.69, 9.17) is 10.2 Å². The van der Waals surface area contributed by atoms with Gasteiger partial charge in [-0.1, -0.05) is 38.8 Å². The van der Waals surface area contributed by atoms with Gasteiger partial charge in [0.15, 0.2) is 23.1 Å². The van der Waals surface area contributed by atoms with Gasteiger partial charge in [0.1, 0.15) is 24.4 Å². The van der Waals surface area contributed by atoms with Crippen LogP contribution in [0.4, 0.5) is 0 Å². The third-order valence-electron chi connectivity index (χ3n) is 17.9. The van der Waals surface area contributed by atoms with Gasteiger partial charge < -0.3 is 40.9 Å². The van der Waals surface area contributed by atoms with E-state index >= 15 is 0 Å². The minimum atomic E-state index is -1.54. The molecule has 8 rings (SSSR count). The number of fused-ring (bicyclic) bond motifs is 10. The van der Waals surface area contributed by atoms with E-state index in [0.717, 1.165) is 51.4 Å². The number of carbonyl (C=O) groups is 6. The van der Waals surface area contributed by atoms with Crippen molar-refractivity contribution in [2.24, 2.45) is 57.2 Å². The van der Waals surface area contributed by atoms with Crippen LogP contribution < -0.4 is 0 Å². The summed E-state index contributed by atoms with van der Waals surface area (Å²) in [5, 5.41) is 79.2. The fourth-order valence-corrected chi connectivity index (χ4v) is 14.8. The number of allylic oxidation sites excluding steroid dienone is 2. The second kappa shape index (κ2) is 18.0. The van der Waals surface area contributed by atoms with Crippen LogP contribution in [0.2, 0.25) is 0 Å². The Bertz CT molecular complexity index is 1710. The molecule has 0 unspecified atom stereocenters. The van der Waals surface area contributed by atoms with Crippen LogP contribution in [-0.2, 0) is 28.8 Å². The van der Waals surface area contributed by atoms with Crippen LogP contribution in [0, 0.1) is 57.2 Å². The van der Waals surface area contributed by atoms with Crippen molar-refractivity contribution in [2.75, 3.05) is 13.2 Å². The summed E-state index contributed by atoms with van der Waals surface area (Å²) in [6, 6.07) is 0. The summed E-state index contributed by atoms with van der Waals surface area (Å²) in [7, 11) is 0. The predicted octanol–water partition coefficient (Wildman–Crippen LogP) is 2.85. The van der Waals surface area contributed by atoms with Gasteiger partial charge in [-0.05, 0) is 136 Å². The number of aliphatic carboxylic acids is 2. The van der Waals surface area contributed by atoms with E-state index in [1.54, 1.807) is 12.2 Å². The zero-order valence-corrected chi connectivity index (χ0v) is 35.5. The first-order valence-corrected chi connectivity index (χ1v) is 22.0. The molecule has 0 aromatic carbocycles. The summed E-state index contributed by atoms with van der Waals surface area (Å²) >= 11 is 0. The molecule has 0 aromatic rings. The van der Waals surface area contributed by atoms with Gasteiger partial charge in [0, 0.05) is 23.7 Å². The fourth-order valence-electron chi connectivity index (χ4n) is 14.8. The number of hydrogen-bond acceptors (Lipinski definition) is 12.